The number of phenols is 2. The number of nitrogens with zero attached hydrogens (tertiary/aromatic N) is 1. The second kappa shape index (κ2) is 4.55. The molecule has 0 saturated carbocycles. The lowest BCUT2D eigenvalue weighted by molar-refractivity contribution is 0.399. The fourth-order valence-corrected chi connectivity index (χ4v) is 0.898. The van der Waals surface area contributed by atoms with Crippen LogP contribution >= 0.6 is 12.4 Å². The van der Waals surface area contributed by atoms with Crippen molar-refractivity contribution in [3.63, 3.8) is 0 Å². The highest BCUT2D eigenvalue weighted by atomic mass is 35.5. The molecule has 4 N–H and O–H groups in total. The molecule has 0 aromatic heterocycles. The van der Waals surface area contributed by atoms with Crippen LogP contribution in [0.15, 0.2) is 12.1 Å². The maximum atomic E-state index is 9.18. The minimum absolute atomic E-state index is 0. The summed E-state index contributed by atoms with van der Waals surface area (Å²) >= 11 is 0. The van der Waals surface area contributed by atoms with Gasteiger partial charge in [-0.25, -0.2) is 0 Å². The number of aromatic hydroxyl groups is 2. The van der Waals surface area contributed by atoms with Crippen LogP contribution in [0.25, 0.3) is 0 Å². The van der Waals surface area contributed by atoms with E-state index in [1.165, 1.54) is 12.1 Å². The Morgan fingerprint density at radius 2 is 2.00 bits per heavy atom. The van der Waals surface area contributed by atoms with Gasteiger partial charge in [-0.1, -0.05) is 0 Å². The average molecular weight is 201 g/mol. The molecule has 0 radical (unpaired) electrons. The normalized spacial score (nSPS) is 8.62. The van der Waals surface area contributed by atoms with Crippen molar-refractivity contribution in [1.82, 2.24) is 0 Å². The summed E-state index contributed by atoms with van der Waals surface area (Å²) in [5.41, 5.74) is 5.91. The van der Waals surface area contributed by atoms with E-state index >= 15 is 0 Å². The number of hydrogen-bond acceptors (Lipinski definition) is 4. The van der Waals surface area contributed by atoms with Crippen LogP contribution in [0.1, 0.15) is 11.1 Å². The third kappa shape index (κ3) is 2.25. The van der Waals surface area contributed by atoms with Crippen molar-refractivity contribution in [3.8, 4) is 17.6 Å². The molecule has 4 nitrogen and oxygen atoms in total. The maximum absolute atomic E-state index is 9.18. The first-order chi connectivity index (χ1) is 5.69. The van der Waals surface area contributed by atoms with Gasteiger partial charge in [-0.2, -0.15) is 5.26 Å². The van der Waals surface area contributed by atoms with Crippen molar-refractivity contribution < 1.29 is 10.2 Å². The van der Waals surface area contributed by atoms with Crippen LogP contribution in [0.3, 0.4) is 0 Å². The Labute approximate surface area is 81.6 Å². The lowest BCUT2D eigenvalue weighted by atomic mass is 10.1. The van der Waals surface area contributed by atoms with Crippen molar-refractivity contribution in [2.24, 2.45) is 5.73 Å². The van der Waals surface area contributed by atoms with Gasteiger partial charge in [0.1, 0.15) is 0 Å². The van der Waals surface area contributed by atoms with E-state index in [-0.39, 0.29) is 36.0 Å². The Bertz CT molecular complexity index is 347. The Balaban J connectivity index is 0.00000144. The highest BCUT2D eigenvalue weighted by molar-refractivity contribution is 5.85. The minimum atomic E-state index is -0.311. The van der Waals surface area contributed by atoms with Gasteiger partial charge in [0.25, 0.3) is 0 Å². The van der Waals surface area contributed by atoms with Crippen LogP contribution in [0.4, 0.5) is 0 Å². The van der Waals surface area contributed by atoms with Gasteiger partial charge in [0.05, 0.1) is 11.6 Å². The second-order valence-corrected chi connectivity index (χ2v) is 2.32. The third-order valence-electron chi connectivity index (χ3n) is 1.52. The molecule has 0 aliphatic carbocycles. The second-order valence-electron chi connectivity index (χ2n) is 2.32. The van der Waals surface area contributed by atoms with Crippen LogP contribution in [-0.4, -0.2) is 10.2 Å². The zero-order valence-corrected chi connectivity index (χ0v) is 7.51. The van der Waals surface area contributed by atoms with Gasteiger partial charge in [-0.05, 0) is 6.07 Å². The molecule has 0 spiro atoms. The molecule has 0 aliphatic rings. The van der Waals surface area contributed by atoms with Crippen LogP contribution < -0.4 is 5.73 Å². The van der Waals surface area contributed by atoms with Crippen molar-refractivity contribution >= 4 is 12.4 Å². The molecule has 1 rings (SSSR count). The molecule has 1 aromatic carbocycles. The molecular weight excluding hydrogens is 192 g/mol. The van der Waals surface area contributed by atoms with E-state index < -0.39 is 0 Å². The van der Waals surface area contributed by atoms with E-state index in [1.54, 1.807) is 0 Å². The highest BCUT2D eigenvalue weighted by Crippen LogP contribution is 2.29. The first kappa shape index (κ1) is 11.6. The summed E-state index contributed by atoms with van der Waals surface area (Å²) in [6.45, 7) is 0.0922. The number of nitriles is 1. The van der Waals surface area contributed by atoms with Gasteiger partial charge < -0.3 is 15.9 Å². The topological polar surface area (TPSA) is 90.3 Å². The van der Waals surface area contributed by atoms with E-state index in [9.17, 15) is 5.11 Å². The average Bonchev–Trinajstić information content (AvgIpc) is 2.09. The number of halogens is 1. The first-order valence-electron chi connectivity index (χ1n) is 3.34. The molecule has 0 bridgehead atoms. The van der Waals surface area contributed by atoms with E-state index in [4.69, 9.17) is 16.1 Å². The Morgan fingerprint density at radius 1 is 1.38 bits per heavy atom. The minimum Gasteiger partial charge on any atom is -0.504 e. The molecule has 0 aliphatic heterocycles. The summed E-state index contributed by atoms with van der Waals surface area (Å²) in [6, 6.07) is 4.47. The van der Waals surface area contributed by atoms with Gasteiger partial charge in [-0.3, -0.25) is 0 Å². The Morgan fingerprint density at radius 3 is 2.46 bits per heavy atom. The van der Waals surface area contributed by atoms with Crippen molar-refractivity contribution in [2.45, 2.75) is 6.54 Å². The summed E-state index contributed by atoms with van der Waals surface area (Å²) in [5.74, 6) is -0.564. The quantitative estimate of drug-likeness (QED) is 0.587. The van der Waals surface area contributed by atoms with Gasteiger partial charge in [0, 0.05) is 18.2 Å². The zero-order valence-electron chi connectivity index (χ0n) is 6.69. The van der Waals surface area contributed by atoms with E-state index in [1.807, 2.05) is 6.07 Å². The molecule has 1 aromatic rings. The van der Waals surface area contributed by atoms with Crippen LogP contribution in [0.5, 0.6) is 11.5 Å². The molecule has 0 amide bonds. The molecule has 5 heteroatoms. The summed E-state index contributed by atoms with van der Waals surface area (Å²) in [7, 11) is 0. The number of rotatable bonds is 1. The molecule has 0 saturated heterocycles. The molecule has 0 unspecified atom stereocenters. The van der Waals surface area contributed by atoms with Gasteiger partial charge in [-0.15, -0.1) is 12.4 Å². The Hall–Kier alpha value is -1.44. The SMILES string of the molecule is Cl.N#Cc1cc(O)c(O)c(CN)c1. The predicted octanol–water partition coefficient (Wildman–Crippen LogP) is 0.850. The zero-order chi connectivity index (χ0) is 9.14. The number of hydrogen-bond donors (Lipinski definition) is 3. The molecule has 0 heterocycles. The largest absolute Gasteiger partial charge is 0.504 e. The molecule has 13 heavy (non-hydrogen) atoms. The summed E-state index contributed by atoms with van der Waals surface area (Å²) in [5, 5.41) is 26.8. The van der Waals surface area contributed by atoms with Crippen LogP contribution in [0, 0.1) is 11.3 Å². The van der Waals surface area contributed by atoms with Gasteiger partial charge in [0.15, 0.2) is 11.5 Å². The van der Waals surface area contributed by atoms with E-state index in [0.717, 1.165) is 0 Å². The highest BCUT2D eigenvalue weighted by Gasteiger charge is 2.06. The summed E-state index contributed by atoms with van der Waals surface area (Å²) < 4.78 is 0. The van der Waals surface area contributed by atoms with Gasteiger partial charge >= 0.3 is 0 Å². The monoisotopic (exact) mass is 200 g/mol. The molecular formula is C8H9ClN2O2. The Kier molecular flexibility index (Phi) is 4.05. The summed E-state index contributed by atoms with van der Waals surface area (Å²) in [6.07, 6.45) is 0. The predicted molar refractivity (Wildman–Crippen MR) is 49.6 cm³/mol. The number of benzene rings is 1. The van der Waals surface area contributed by atoms with Gasteiger partial charge in [0.2, 0.25) is 0 Å². The lowest BCUT2D eigenvalue weighted by Crippen LogP contribution is -1.97. The van der Waals surface area contributed by atoms with Crippen molar-refractivity contribution in [1.29, 1.82) is 5.26 Å². The lowest BCUT2D eigenvalue weighted by Gasteiger charge is -2.03. The van der Waals surface area contributed by atoms with E-state index in [2.05, 4.69) is 0 Å². The fourth-order valence-electron chi connectivity index (χ4n) is 0.898. The fraction of sp³-hybridized carbons (Fsp3) is 0.125. The molecule has 0 fully saturated rings. The number of nitrogens with two attached hydrogens (primary N) is 1. The molecule has 0 atom stereocenters. The van der Waals surface area contributed by atoms with Crippen molar-refractivity contribution in [2.75, 3.05) is 0 Å². The standard InChI is InChI=1S/C8H8N2O2.ClH/c9-3-5-1-6(4-10)8(12)7(11)2-5;/h1-2,11-12H,4,10H2;1H. The van der Waals surface area contributed by atoms with Crippen molar-refractivity contribution in [3.05, 3.63) is 23.3 Å². The number of phenolic OH excluding ortho intramolecular Hbond substituents is 2. The van der Waals surface area contributed by atoms with E-state index in [0.29, 0.717) is 5.56 Å². The maximum Gasteiger partial charge on any atom is 0.162 e. The summed E-state index contributed by atoms with van der Waals surface area (Å²) in [4.78, 5) is 0. The van der Waals surface area contributed by atoms with Crippen LogP contribution in [-0.2, 0) is 6.54 Å². The molecule has 70 valence electrons. The smallest absolute Gasteiger partial charge is 0.162 e. The van der Waals surface area contributed by atoms with Crippen LogP contribution in [0.2, 0.25) is 0 Å². The first-order valence-corrected chi connectivity index (χ1v) is 3.34. The third-order valence-corrected chi connectivity index (χ3v) is 1.52.